The molecule has 1 amide bonds. The van der Waals surface area contributed by atoms with Gasteiger partial charge in [0.2, 0.25) is 0 Å². The molecule has 0 spiro atoms. The van der Waals surface area contributed by atoms with Gasteiger partial charge in [0.05, 0.1) is 44.4 Å². The molecule has 2 rings (SSSR count). The van der Waals surface area contributed by atoms with E-state index in [1.807, 2.05) is 12.1 Å². The van der Waals surface area contributed by atoms with Crippen molar-refractivity contribution in [1.82, 2.24) is 5.32 Å². The fraction of sp³-hybridized carbons (Fsp3) is 0.211. The van der Waals surface area contributed by atoms with Crippen LogP contribution in [0.1, 0.15) is 15.9 Å². The van der Waals surface area contributed by atoms with E-state index in [4.69, 9.17) is 14.2 Å². The highest BCUT2D eigenvalue weighted by Gasteiger charge is 2.24. The maximum absolute atomic E-state index is 12.4. The fourth-order valence-electron chi connectivity index (χ4n) is 2.31. The van der Waals surface area contributed by atoms with Crippen LogP contribution < -0.4 is 19.5 Å². The van der Waals surface area contributed by atoms with Gasteiger partial charge < -0.3 is 19.5 Å². The van der Waals surface area contributed by atoms with E-state index in [0.717, 1.165) is 6.07 Å². The average molecular weight is 370 g/mol. The van der Waals surface area contributed by atoms with Crippen molar-refractivity contribution in [3.8, 4) is 29.1 Å². The first-order chi connectivity index (χ1) is 13.0. The number of carbonyl (C=O) groups excluding carboxylic acids is 1. The molecule has 0 aliphatic rings. The van der Waals surface area contributed by atoms with Crippen LogP contribution in [0.3, 0.4) is 0 Å². The minimum Gasteiger partial charge on any atom is -0.495 e. The van der Waals surface area contributed by atoms with Crippen molar-refractivity contribution in [2.75, 3.05) is 27.9 Å². The summed E-state index contributed by atoms with van der Waals surface area (Å²) in [7, 11) is 4.28. The predicted octanol–water partition coefficient (Wildman–Crippen LogP) is 2.40. The largest absolute Gasteiger partial charge is 0.495 e. The summed E-state index contributed by atoms with van der Waals surface area (Å²) < 4.78 is 15.3. The topological polar surface area (TPSA) is 99.9 Å². The SMILES string of the molecule is COc1ccccc1C#CCNC(=O)c1cc(OC)c(OC)cc1[N+](=O)[O-]. The molecule has 0 aliphatic carbocycles. The predicted molar refractivity (Wildman–Crippen MR) is 98.4 cm³/mol. The number of nitro benzene ring substituents is 1. The Labute approximate surface area is 156 Å². The molecular weight excluding hydrogens is 352 g/mol. The molecule has 8 heteroatoms. The van der Waals surface area contributed by atoms with Gasteiger partial charge in [0, 0.05) is 6.07 Å². The monoisotopic (exact) mass is 370 g/mol. The molecule has 2 aromatic carbocycles. The van der Waals surface area contributed by atoms with Crippen LogP contribution in [-0.2, 0) is 0 Å². The van der Waals surface area contributed by atoms with Gasteiger partial charge in [0.25, 0.3) is 11.6 Å². The van der Waals surface area contributed by atoms with Gasteiger partial charge in [0.15, 0.2) is 11.5 Å². The molecule has 0 saturated heterocycles. The molecule has 0 heterocycles. The molecule has 0 saturated carbocycles. The third kappa shape index (κ3) is 4.67. The summed E-state index contributed by atoms with van der Waals surface area (Å²) in [6.07, 6.45) is 0. The summed E-state index contributed by atoms with van der Waals surface area (Å²) >= 11 is 0. The number of nitro groups is 1. The van der Waals surface area contributed by atoms with Gasteiger partial charge >= 0.3 is 0 Å². The smallest absolute Gasteiger partial charge is 0.286 e. The molecule has 0 bridgehead atoms. The Kier molecular flexibility index (Phi) is 6.61. The van der Waals surface area contributed by atoms with Crippen LogP contribution in [0.2, 0.25) is 0 Å². The summed E-state index contributed by atoms with van der Waals surface area (Å²) in [5.41, 5.74) is 0.144. The van der Waals surface area contributed by atoms with Crippen LogP contribution in [0.4, 0.5) is 5.69 Å². The molecule has 0 atom stereocenters. The van der Waals surface area contributed by atoms with Crippen molar-refractivity contribution < 1.29 is 23.9 Å². The van der Waals surface area contributed by atoms with Gasteiger partial charge in [-0.05, 0) is 12.1 Å². The van der Waals surface area contributed by atoms with Crippen LogP contribution in [0.5, 0.6) is 17.2 Å². The maximum atomic E-state index is 12.4. The van der Waals surface area contributed by atoms with E-state index in [9.17, 15) is 14.9 Å². The highest BCUT2D eigenvalue weighted by Crippen LogP contribution is 2.34. The Bertz CT molecular complexity index is 914. The molecule has 0 radical (unpaired) electrons. The van der Waals surface area contributed by atoms with Crippen LogP contribution in [0.15, 0.2) is 36.4 Å². The second-order valence-electron chi connectivity index (χ2n) is 5.17. The van der Waals surface area contributed by atoms with E-state index >= 15 is 0 Å². The van der Waals surface area contributed by atoms with Gasteiger partial charge in [-0.2, -0.15) is 0 Å². The first kappa shape index (κ1) is 19.6. The molecular formula is C19H18N2O6. The number of rotatable bonds is 6. The lowest BCUT2D eigenvalue weighted by Gasteiger charge is -2.10. The molecule has 0 aliphatic heterocycles. The van der Waals surface area contributed by atoms with E-state index in [2.05, 4.69) is 17.2 Å². The quantitative estimate of drug-likeness (QED) is 0.476. The van der Waals surface area contributed by atoms with Gasteiger partial charge in [-0.3, -0.25) is 14.9 Å². The number of nitrogens with zero attached hydrogens (tertiary/aromatic N) is 1. The Morgan fingerprint density at radius 3 is 2.33 bits per heavy atom. The summed E-state index contributed by atoms with van der Waals surface area (Å²) in [5.74, 6) is 6.03. The first-order valence-corrected chi connectivity index (χ1v) is 7.82. The Morgan fingerprint density at radius 2 is 1.70 bits per heavy atom. The van der Waals surface area contributed by atoms with E-state index < -0.39 is 10.8 Å². The fourth-order valence-corrected chi connectivity index (χ4v) is 2.31. The van der Waals surface area contributed by atoms with Gasteiger partial charge in [-0.1, -0.05) is 24.0 Å². The van der Waals surface area contributed by atoms with Crippen molar-refractivity contribution in [1.29, 1.82) is 0 Å². The molecule has 2 aromatic rings. The van der Waals surface area contributed by atoms with Gasteiger partial charge in [-0.15, -0.1) is 0 Å². The highest BCUT2D eigenvalue weighted by molar-refractivity contribution is 5.99. The van der Waals surface area contributed by atoms with Gasteiger partial charge in [0.1, 0.15) is 11.3 Å². The number of ether oxygens (including phenoxy) is 3. The van der Waals surface area contributed by atoms with Crippen molar-refractivity contribution in [2.24, 2.45) is 0 Å². The minimum atomic E-state index is -0.655. The number of carbonyl (C=O) groups is 1. The first-order valence-electron chi connectivity index (χ1n) is 7.82. The lowest BCUT2D eigenvalue weighted by Crippen LogP contribution is -2.24. The van der Waals surface area contributed by atoms with Crippen LogP contribution in [0, 0.1) is 22.0 Å². The van der Waals surface area contributed by atoms with Crippen LogP contribution >= 0.6 is 0 Å². The van der Waals surface area contributed by atoms with E-state index in [1.54, 1.807) is 19.2 Å². The molecule has 0 unspecified atom stereocenters. The summed E-state index contributed by atoms with van der Waals surface area (Å²) in [5, 5.41) is 13.8. The maximum Gasteiger partial charge on any atom is 0.286 e. The zero-order valence-corrected chi connectivity index (χ0v) is 15.1. The number of hydrogen-bond acceptors (Lipinski definition) is 6. The van der Waals surface area contributed by atoms with Crippen molar-refractivity contribution in [2.45, 2.75) is 0 Å². The normalized spacial score (nSPS) is 9.59. The van der Waals surface area contributed by atoms with E-state index in [0.29, 0.717) is 11.3 Å². The second-order valence-corrected chi connectivity index (χ2v) is 5.17. The van der Waals surface area contributed by atoms with Crippen molar-refractivity contribution in [3.05, 3.63) is 57.6 Å². The summed E-state index contributed by atoms with van der Waals surface area (Å²) in [6, 6.07) is 9.61. The van der Waals surface area contributed by atoms with Crippen molar-refractivity contribution >= 4 is 11.6 Å². The molecule has 0 aromatic heterocycles. The minimum absolute atomic E-state index is 0.00236. The third-order valence-corrected chi connectivity index (χ3v) is 3.61. The molecule has 1 N–H and O–H groups in total. The van der Waals surface area contributed by atoms with Crippen LogP contribution in [-0.4, -0.2) is 38.7 Å². The zero-order valence-electron chi connectivity index (χ0n) is 15.1. The lowest BCUT2D eigenvalue weighted by molar-refractivity contribution is -0.385. The standard InChI is InChI=1S/C19H18N2O6/c1-25-16-9-5-4-7-13(16)8-6-10-20-19(22)14-11-17(26-2)18(27-3)12-15(14)21(23)24/h4-5,7,9,11-12H,10H2,1-3H3,(H,20,22). The molecule has 140 valence electrons. The number of para-hydroxylation sites is 1. The second kappa shape index (κ2) is 9.10. The Balaban J connectivity index is 2.19. The summed E-state index contributed by atoms with van der Waals surface area (Å²) in [6.45, 7) is 0.00236. The van der Waals surface area contributed by atoms with E-state index in [-0.39, 0.29) is 29.3 Å². The number of hydrogen-bond donors (Lipinski definition) is 1. The highest BCUT2D eigenvalue weighted by atomic mass is 16.6. The average Bonchev–Trinajstić information content (AvgIpc) is 2.69. The van der Waals surface area contributed by atoms with Crippen molar-refractivity contribution in [3.63, 3.8) is 0 Å². The molecule has 8 nitrogen and oxygen atoms in total. The Hall–Kier alpha value is -3.73. The Morgan fingerprint density at radius 1 is 1.07 bits per heavy atom. The molecule has 0 fully saturated rings. The van der Waals surface area contributed by atoms with Crippen LogP contribution in [0.25, 0.3) is 0 Å². The molecule has 27 heavy (non-hydrogen) atoms. The third-order valence-electron chi connectivity index (χ3n) is 3.61. The summed E-state index contributed by atoms with van der Waals surface area (Å²) in [4.78, 5) is 23.0. The number of methoxy groups -OCH3 is 3. The number of nitrogens with one attached hydrogen (secondary N) is 1. The number of benzene rings is 2. The van der Waals surface area contributed by atoms with E-state index in [1.165, 1.54) is 20.3 Å². The zero-order chi connectivity index (χ0) is 19.8. The van der Waals surface area contributed by atoms with Gasteiger partial charge in [-0.25, -0.2) is 0 Å². The number of amides is 1. The lowest BCUT2D eigenvalue weighted by atomic mass is 10.1.